The van der Waals surface area contributed by atoms with Crippen molar-refractivity contribution in [3.8, 4) is 17.3 Å². The van der Waals surface area contributed by atoms with E-state index >= 15 is 0 Å². The Morgan fingerprint density at radius 3 is 2.64 bits per heavy atom. The summed E-state index contributed by atoms with van der Waals surface area (Å²) in [7, 11) is 0. The first kappa shape index (κ1) is 23.1. The number of hydrazone groups is 1. The van der Waals surface area contributed by atoms with Crippen molar-refractivity contribution >= 4 is 23.8 Å². The Bertz CT molecular complexity index is 1290. The van der Waals surface area contributed by atoms with Crippen molar-refractivity contribution in [1.29, 1.82) is 5.26 Å². The van der Waals surface area contributed by atoms with Crippen molar-refractivity contribution in [3.05, 3.63) is 77.0 Å². The number of nitrogens with zero attached hydrogens (tertiary/aromatic N) is 5. The molecule has 166 valence electrons. The van der Waals surface area contributed by atoms with E-state index in [9.17, 15) is 9.90 Å². The minimum atomic E-state index is -1.01. The van der Waals surface area contributed by atoms with Gasteiger partial charge in [0, 0.05) is 5.56 Å². The fourth-order valence-electron chi connectivity index (χ4n) is 3.08. The highest BCUT2D eigenvalue weighted by Crippen LogP contribution is 2.24. The second-order valence-corrected chi connectivity index (χ2v) is 7.80. The zero-order valence-corrected chi connectivity index (χ0v) is 18.2. The predicted octanol–water partition coefficient (Wildman–Crippen LogP) is 2.89. The lowest BCUT2D eigenvalue weighted by molar-refractivity contribution is -0.142. The first-order valence-corrected chi connectivity index (χ1v) is 10.0. The molecule has 9 heteroatoms. The van der Waals surface area contributed by atoms with Crippen LogP contribution in [0.4, 0.5) is 5.95 Å². The second-order valence-electron chi connectivity index (χ2n) is 7.80. The number of carboxylic acids is 1. The van der Waals surface area contributed by atoms with E-state index in [2.05, 4.69) is 26.1 Å². The molecule has 3 rings (SSSR count). The van der Waals surface area contributed by atoms with E-state index < -0.39 is 11.4 Å². The van der Waals surface area contributed by atoms with E-state index in [-0.39, 0.29) is 5.95 Å². The SMILES string of the molecule is CC(C)(C(=O)O)c1cccc(CN=C/C(=N\N)c2cc(-c3cccc(C#N)c3)nc(N)n2)c1. The highest BCUT2D eigenvalue weighted by molar-refractivity contribution is 6.37. The van der Waals surface area contributed by atoms with Crippen molar-refractivity contribution in [1.82, 2.24) is 9.97 Å². The van der Waals surface area contributed by atoms with Gasteiger partial charge in [0.2, 0.25) is 5.95 Å². The van der Waals surface area contributed by atoms with E-state index in [0.717, 1.165) is 5.56 Å². The number of aromatic nitrogens is 2. The highest BCUT2D eigenvalue weighted by atomic mass is 16.4. The first-order valence-electron chi connectivity index (χ1n) is 10.0. The zero-order valence-electron chi connectivity index (χ0n) is 18.2. The van der Waals surface area contributed by atoms with Crippen LogP contribution in [-0.4, -0.2) is 33.0 Å². The van der Waals surface area contributed by atoms with Crippen LogP contribution in [0.3, 0.4) is 0 Å². The van der Waals surface area contributed by atoms with Crippen LogP contribution >= 0.6 is 0 Å². The summed E-state index contributed by atoms with van der Waals surface area (Å²) in [5, 5.41) is 22.4. The van der Waals surface area contributed by atoms with E-state index in [1.165, 1.54) is 6.21 Å². The number of nitriles is 1. The molecule has 3 aromatic rings. The van der Waals surface area contributed by atoms with Gasteiger partial charge in [-0.2, -0.15) is 10.4 Å². The van der Waals surface area contributed by atoms with Gasteiger partial charge in [-0.15, -0.1) is 0 Å². The van der Waals surface area contributed by atoms with Gasteiger partial charge in [-0.3, -0.25) is 9.79 Å². The third kappa shape index (κ3) is 5.37. The number of aliphatic carboxylic acids is 1. The number of nitrogens with two attached hydrogens (primary N) is 2. The molecule has 1 aromatic heterocycles. The van der Waals surface area contributed by atoms with Gasteiger partial charge in [0.05, 0.1) is 41.2 Å². The van der Waals surface area contributed by atoms with E-state index in [4.69, 9.17) is 16.8 Å². The number of benzene rings is 2. The lowest BCUT2D eigenvalue weighted by Crippen LogP contribution is -2.28. The molecule has 0 saturated carbocycles. The van der Waals surface area contributed by atoms with Gasteiger partial charge < -0.3 is 16.7 Å². The molecular formula is C24H23N7O2. The maximum Gasteiger partial charge on any atom is 0.313 e. The normalized spacial score (nSPS) is 12.0. The lowest BCUT2D eigenvalue weighted by atomic mass is 9.84. The first-order chi connectivity index (χ1) is 15.7. The van der Waals surface area contributed by atoms with Crippen LogP contribution in [0.25, 0.3) is 11.3 Å². The fraction of sp³-hybridized carbons (Fsp3) is 0.167. The van der Waals surface area contributed by atoms with Crippen LogP contribution < -0.4 is 11.6 Å². The summed E-state index contributed by atoms with van der Waals surface area (Å²) in [5.41, 5.74) is 8.79. The average Bonchev–Trinajstić information content (AvgIpc) is 2.81. The van der Waals surface area contributed by atoms with Crippen molar-refractivity contribution in [2.75, 3.05) is 5.73 Å². The van der Waals surface area contributed by atoms with E-state index in [1.54, 1.807) is 50.2 Å². The average molecular weight is 441 g/mol. The number of hydrogen-bond acceptors (Lipinski definition) is 8. The summed E-state index contributed by atoms with van der Waals surface area (Å²) in [6, 6.07) is 18.0. The Balaban J connectivity index is 1.84. The molecule has 0 amide bonds. The van der Waals surface area contributed by atoms with Gasteiger partial charge in [-0.05, 0) is 43.2 Å². The van der Waals surface area contributed by atoms with Crippen LogP contribution in [0.2, 0.25) is 0 Å². The summed E-state index contributed by atoms with van der Waals surface area (Å²) < 4.78 is 0. The number of aliphatic imine (C=N–C) groups is 1. The maximum absolute atomic E-state index is 11.5. The number of carbonyl (C=O) groups is 1. The molecule has 0 aliphatic rings. The number of nitrogen functional groups attached to an aromatic ring is 1. The van der Waals surface area contributed by atoms with E-state index in [1.807, 2.05) is 18.2 Å². The van der Waals surface area contributed by atoms with Crippen molar-refractivity contribution in [3.63, 3.8) is 0 Å². The molecule has 0 aliphatic carbocycles. The minimum Gasteiger partial charge on any atom is -0.481 e. The standard InChI is InChI=1S/C24H23N7O2/c1-24(2,22(32)33)18-8-4-6-16(10-18)13-28-14-21(31-27)20-11-19(29-23(26)30-20)17-7-3-5-15(9-17)12-25/h3-11,14H,13,27H2,1-2H3,(H,32,33)(H2,26,29,30)/b28-14?,31-21+. The number of anilines is 1. The van der Waals surface area contributed by atoms with Crippen LogP contribution in [-0.2, 0) is 16.8 Å². The minimum absolute atomic E-state index is 0.0306. The summed E-state index contributed by atoms with van der Waals surface area (Å²) in [6.45, 7) is 3.60. The van der Waals surface area contributed by atoms with Crippen LogP contribution in [0.15, 0.2) is 64.7 Å². The van der Waals surface area contributed by atoms with Gasteiger partial charge in [0.1, 0.15) is 5.71 Å². The van der Waals surface area contributed by atoms with Crippen LogP contribution in [0, 0.1) is 11.3 Å². The maximum atomic E-state index is 11.5. The van der Waals surface area contributed by atoms with Crippen LogP contribution in [0.5, 0.6) is 0 Å². The molecule has 0 unspecified atom stereocenters. The van der Waals surface area contributed by atoms with Crippen molar-refractivity contribution < 1.29 is 9.90 Å². The third-order valence-corrected chi connectivity index (χ3v) is 5.10. The molecule has 0 atom stereocenters. The monoisotopic (exact) mass is 441 g/mol. The molecule has 0 spiro atoms. The van der Waals surface area contributed by atoms with Gasteiger partial charge in [0.15, 0.2) is 0 Å². The zero-order chi connectivity index (χ0) is 24.0. The second kappa shape index (κ2) is 9.70. The Hall–Kier alpha value is -4.58. The third-order valence-electron chi connectivity index (χ3n) is 5.10. The molecule has 0 aliphatic heterocycles. The topological polar surface area (TPSA) is 164 Å². The Morgan fingerprint density at radius 2 is 1.94 bits per heavy atom. The summed E-state index contributed by atoms with van der Waals surface area (Å²) in [5.74, 6) is 4.70. The summed E-state index contributed by atoms with van der Waals surface area (Å²) in [4.78, 5) is 24.4. The quantitative estimate of drug-likeness (QED) is 0.288. The van der Waals surface area contributed by atoms with Gasteiger partial charge in [-0.1, -0.05) is 36.4 Å². The van der Waals surface area contributed by atoms with Crippen molar-refractivity contribution in [2.24, 2.45) is 15.9 Å². The van der Waals surface area contributed by atoms with Gasteiger partial charge in [-0.25, -0.2) is 9.97 Å². The fourth-order valence-corrected chi connectivity index (χ4v) is 3.08. The van der Waals surface area contributed by atoms with Gasteiger partial charge in [0.25, 0.3) is 0 Å². The molecule has 0 saturated heterocycles. The molecule has 0 radical (unpaired) electrons. The molecule has 2 aromatic carbocycles. The predicted molar refractivity (Wildman–Crippen MR) is 127 cm³/mol. The Labute approximate surface area is 191 Å². The largest absolute Gasteiger partial charge is 0.481 e. The summed E-state index contributed by atoms with van der Waals surface area (Å²) in [6.07, 6.45) is 1.48. The van der Waals surface area contributed by atoms with Gasteiger partial charge >= 0.3 is 5.97 Å². The van der Waals surface area contributed by atoms with E-state index in [0.29, 0.717) is 40.3 Å². The Morgan fingerprint density at radius 1 is 1.18 bits per heavy atom. The molecule has 9 nitrogen and oxygen atoms in total. The summed E-state index contributed by atoms with van der Waals surface area (Å²) >= 11 is 0. The van der Waals surface area contributed by atoms with Crippen LogP contribution in [0.1, 0.15) is 36.2 Å². The Kier molecular flexibility index (Phi) is 6.79. The lowest BCUT2D eigenvalue weighted by Gasteiger charge is -2.20. The smallest absolute Gasteiger partial charge is 0.313 e. The number of carboxylic acid groups (broad SMARTS) is 1. The molecular weight excluding hydrogens is 418 g/mol. The molecule has 0 bridgehead atoms. The highest BCUT2D eigenvalue weighted by Gasteiger charge is 2.29. The number of hydrogen-bond donors (Lipinski definition) is 3. The molecule has 5 N–H and O–H groups in total. The molecule has 1 heterocycles. The van der Waals surface area contributed by atoms with Crippen molar-refractivity contribution in [2.45, 2.75) is 25.8 Å². The molecule has 33 heavy (non-hydrogen) atoms. The molecule has 0 fully saturated rings. The number of rotatable bonds is 7.